The minimum absolute atomic E-state index is 0.0905. The lowest BCUT2D eigenvalue weighted by Gasteiger charge is -2.11. The van der Waals surface area contributed by atoms with Gasteiger partial charge in [0.05, 0.1) is 18.4 Å². The van der Waals surface area contributed by atoms with Gasteiger partial charge >= 0.3 is 0 Å². The molecular weight excluding hydrogens is 426 g/mol. The maximum absolute atomic E-state index is 11.8. The van der Waals surface area contributed by atoms with Crippen LogP contribution in [0.5, 0.6) is 5.75 Å². The molecule has 1 amide bonds. The molecule has 0 aliphatic carbocycles. The van der Waals surface area contributed by atoms with Crippen LogP contribution in [0.15, 0.2) is 50.4 Å². The Hall–Kier alpha value is -1.86. The van der Waals surface area contributed by atoms with Crippen molar-refractivity contribution in [3.8, 4) is 5.75 Å². The van der Waals surface area contributed by atoms with Crippen molar-refractivity contribution in [3.63, 3.8) is 0 Å². The average Bonchev–Trinajstić information content (AvgIpc) is 2.48. The van der Waals surface area contributed by atoms with Gasteiger partial charge in [0, 0.05) is 8.95 Å². The average molecular weight is 441 g/mol. The van der Waals surface area contributed by atoms with Gasteiger partial charge in [0.1, 0.15) is 5.75 Å². The molecule has 0 radical (unpaired) electrons. The third-order valence-electron chi connectivity index (χ3n) is 2.91. The number of halogens is 2. The highest BCUT2D eigenvalue weighted by Gasteiger charge is 2.07. The van der Waals surface area contributed by atoms with Gasteiger partial charge in [-0.15, -0.1) is 0 Å². The van der Waals surface area contributed by atoms with Crippen molar-refractivity contribution in [2.24, 2.45) is 5.10 Å². The number of phenolic OH excluding ortho intramolecular Hbond substituents is 1. The zero-order chi connectivity index (χ0) is 16.8. The molecule has 0 saturated carbocycles. The Kier molecular flexibility index (Phi) is 6.18. The molecule has 7 heteroatoms. The first-order valence-electron chi connectivity index (χ1n) is 6.76. The zero-order valence-corrected chi connectivity index (χ0v) is 15.5. The first kappa shape index (κ1) is 17.5. The summed E-state index contributed by atoms with van der Waals surface area (Å²) in [5.41, 5.74) is 5.14. The van der Waals surface area contributed by atoms with E-state index >= 15 is 0 Å². The van der Waals surface area contributed by atoms with Crippen LogP contribution in [0, 0.1) is 6.92 Å². The van der Waals surface area contributed by atoms with E-state index < -0.39 is 0 Å². The number of hydrazone groups is 1. The summed E-state index contributed by atoms with van der Waals surface area (Å²) in [7, 11) is 0. The molecule has 0 saturated heterocycles. The number of amides is 1. The van der Waals surface area contributed by atoms with Crippen molar-refractivity contribution in [1.82, 2.24) is 5.43 Å². The van der Waals surface area contributed by atoms with Crippen LogP contribution < -0.4 is 10.7 Å². The van der Waals surface area contributed by atoms with E-state index in [0.717, 1.165) is 25.8 Å². The molecule has 0 aromatic heterocycles. The standard InChI is InChI=1S/C16H15Br2N3O2/c1-10-6-13(17)16(14(18)7-10)19-9-15(23)21-20-8-11-2-4-12(22)5-3-11/h2-8,19,22H,9H2,1H3,(H,21,23)/b20-8+. The van der Waals surface area contributed by atoms with Gasteiger partial charge in [-0.1, -0.05) is 0 Å². The molecule has 0 aliphatic heterocycles. The Morgan fingerprint density at radius 1 is 1.22 bits per heavy atom. The number of carbonyl (C=O) groups is 1. The monoisotopic (exact) mass is 439 g/mol. The fourth-order valence-corrected chi connectivity index (χ4v) is 3.51. The van der Waals surface area contributed by atoms with Crippen molar-refractivity contribution in [3.05, 3.63) is 56.5 Å². The van der Waals surface area contributed by atoms with E-state index in [1.54, 1.807) is 24.3 Å². The largest absolute Gasteiger partial charge is 0.508 e. The van der Waals surface area contributed by atoms with Crippen LogP contribution in [0.4, 0.5) is 5.69 Å². The van der Waals surface area contributed by atoms with Gasteiger partial charge in [0.15, 0.2) is 0 Å². The van der Waals surface area contributed by atoms with Crippen molar-refractivity contribution >= 4 is 49.7 Å². The van der Waals surface area contributed by atoms with Gasteiger partial charge in [-0.25, -0.2) is 5.43 Å². The molecule has 0 heterocycles. The lowest BCUT2D eigenvalue weighted by Crippen LogP contribution is -2.26. The fraction of sp³-hybridized carbons (Fsp3) is 0.125. The van der Waals surface area contributed by atoms with Crippen LogP contribution in [0.25, 0.3) is 0 Å². The van der Waals surface area contributed by atoms with Crippen LogP contribution in [0.1, 0.15) is 11.1 Å². The van der Waals surface area contributed by atoms with Gasteiger partial charge in [-0.2, -0.15) is 5.10 Å². The Morgan fingerprint density at radius 3 is 2.43 bits per heavy atom. The van der Waals surface area contributed by atoms with Crippen LogP contribution in [-0.4, -0.2) is 23.8 Å². The van der Waals surface area contributed by atoms with Crippen molar-refractivity contribution in [2.45, 2.75) is 6.92 Å². The summed E-state index contributed by atoms with van der Waals surface area (Å²) in [6.07, 6.45) is 1.51. The first-order valence-corrected chi connectivity index (χ1v) is 8.35. The van der Waals surface area contributed by atoms with Crippen molar-refractivity contribution in [1.29, 1.82) is 0 Å². The normalized spacial score (nSPS) is 10.7. The first-order chi connectivity index (χ1) is 11.0. The summed E-state index contributed by atoms with van der Waals surface area (Å²) in [6.45, 7) is 2.08. The Balaban J connectivity index is 1.87. The molecule has 5 nitrogen and oxygen atoms in total. The summed E-state index contributed by atoms with van der Waals surface area (Å²) >= 11 is 6.93. The number of hydrogen-bond donors (Lipinski definition) is 3. The number of carbonyl (C=O) groups excluding carboxylic acids is 1. The summed E-state index contributed by atoms with van der Waals surface area (Å²) in [5.74, 6) is -0.0796. The summed E-state index contributed by atoms with van der Waals surface area (Å²) in [4.78, 5) is 11.8. The molecule has 0 unspecified atom stereocenters. The predicted molar refractivity (Wildman–Crippen MR) is 98.9 cm³/mol. The van der Waals surface area contributed by atoms with Crippen LogP contribution >= 0.6 is 31.9 Å². The number of rotatable bonds is 5. The molecule has 0 spiro atoms. The van der Waals surface area contributed by atoms with E-state index in [4.69, 9.17) is 0 Å². The highest BCUT2D eigenvalue weighted by Crippen LogP contribution is 2.32. The number of anilines is 1. The quantitative estimate of drug-likeness (QED) is 0.489. The Morgan fingerprint density at radius 2 is 1.83 bits per heavy atom. The van der Waals surface area contributed by atoms with Crippen molar-refractivity contribution < 1.29 is 9.90 Å². The number of phenols is 1. The summed E-state index contributed by atoms with van der Waals surface area (Å²) in [5, 5.41) is 16.1. The molecule has 0 fully saturated rings. The lowest BCUT2D eigenvalue weighted by molar-refractivity contribution is -0.119. The van der Waals surface area contributed by atoms with Gasteiger partial charge in [-0.05, 0) is 86.3 Å². The summed E-state index contributed by atoms with van der Waals surface area (Å²) < 4.78 is 1.76. The van der Waals surface area contributed by atoms with Crippen molar-refractivity contribution in [2.75, 3.05) is 11.9 Å². The topological polar surface area (TPSA) is 73.7 Å². The molecule has 0 bridgehead atoms. The molecule has 2 rings (SSSR count). The number of benzene rings is 2. The Bertz CT molecular complexity index is 708. The van der Waals surface area contributed by atoms with E-state index in [-0.39, 0.29) is 18.2 Å². The smallest absolute Gasteiger partial charge is 0.259 e. The van der Waals surface area contributed by atoms with E-state index in [1.807, 2.05) is 19.1 Å². The Labute approximate surface area is 151 Å². The predicted octanol–water partition coefficient (Wildman–Crippen LogP) is 3.79. The molecule has 120 valence electrons. The molecular formula is C16H15Br2N3O2. The molecule has 0 aliphatic rings. The number of nitrogens with zero attached hydrogens (tertiary/aromatic N) is 1. The molecule has 0 atom stereocenters. The van der Waals surface area contributed by atoms with E-state index in [2.05, 4.69) is 47.7 Å². The summed E-state index contributed by atoms with van der Waals surface area (Å²) in [6, 6.07) is 10.4. The maximum atomic E-state index is 11.8. The highest BCUT2D eigenvalue weighted by molar-refractivity contribution is 9.11. The van der Waals surface area contributed by atoms with Crippen LogP contribution in [0.2, 0.25) is 0 Å². The molecule has 23 heavy (non-hydrogen) atoms. The second-order valence-electron chi connectivity index (χ2n) is 4.84. The zero-order valence-electron chi connectivity index (χ0n) is 12.3. The highest BCUT2D eigenvalue weighted by atomic mass is 79.9. The number of nitrogens with one attached hydrogen (secondary N) is 2. The van der Waals surface area contributed by atoms with Gasteiger partial charge in [0.2, 0.25) is 0 Å². The fourth-order valence-electron chi connectivity index (χ4n) is 1.82. The van der Waals surface area contributed by atoms with E-state index in [0.29, 0.717) is 0 Å². The number of aromatic hydroxyl groups is 1. The molecule has 2 aromatic carbocycles. The molecule has 3 N–H and O–H groups in total. The minimum atomic E-state index is -0.264. The van der Waals surface area contributed by atoms with Crippen LogP contribution in [0.3, 0.4) is 0 Å². The van der Waals surface area contributed by atoms with Gasteiger partial charge < -0.3 is 10.4 Å². The van der Waals surface area contributed by atoms with Gasteiger partial charge in [0.25, 0.3) is 5.91 Å². The lowest BCUT2D eigenvalue weighted by atomic mass is 10.2. The van der Waals surface area contributed by atoms with Gasteiger partial charge in [-0.3, -0.25) is 4.79 Å². The van der Waals surface area contributed by atoms with E-state index in [1.165, 1.54) is 6.21 Å². The SMILES string of the molecule is Cc1cc(Br)c(NCC(=O)N/N=C/c2ccc(O)cc2)c(Br)c1. The maximum Gasteiger partial charge on any atom is 0.259 e. The third-order valence-corrected chi connectivity index (χ3v) is 4.16. The van der Waals surface area contributed by atoms with Crippen LogP contribution in [-0.2, 0) is 4.79 Å². The second-order valence-corrected chi connectivity index (χ2v) is 6.55. The second kappa shape index (κ2) is 8.12. The number of hydrogen-bond acceptors (Lipinski definition) is 4. The minimum Gasteiger partial charge on any atom is -0.508 e. The third kappa shape index (κ3) is 5.37. The number of aryl methyl sites for hydroxylation is 1. The molecule has 2 aromatic rings. The van der Waals surface area contributed by atoms with E-state index in [9.17, 15) is 9.90 Å².